The molecule has 1 atom stereocenters. The average molecular weight is 481 g/mol. The van der Waals surface area contributed by atoms with E-state index in [-0.39, 0.29) is 24.1 Å². The molecule has 0 bridgehead atoms. The van der Waals surface area contributed by atoms with Crippen molar-refractivity contribution in [1.29, 1.82) is 0 Å². The molecule has 0 aliphatic heterocycles. The number of benzene rings is 2. The van der Waals surface area contributed by atoms with Gasteiger partial charge < -0.3 is 10.2 Å². The lowest BCUT2D eigenvalue weighted by atomic mass is 10.1. The van der Waals surface area contributed by atoms with Gasteiger partial charge in [0.15, 0.2) is 0 Å². The zero-order chi connectivity index (χ0) is 23.2. The van der Waals surface area contributed by atoms with E-state index in [9.17, 15) is 9.59 Å². The Morgan fingerprint density at radius 3 is 2.32 bits per heavy atom. The van der Waals surface area contributed by atoms with E-state index in [0.717, 1.165) is 16.9 Å². The summed E-state index contributed by atoms with van der Waals surface area (Å²) < 4.78 is 0. The minimum atomic E-state index is -0.640. The summed E-state index contributed by atoms with van der Waals surface area (Å²) in [6.45, 7) is 9.77. The first-order chi connectivity index (χ1) is 14.5. The first-order valence-electron chi connectivity index (χ1n) is 10.1. The highest BCUT2D eigenvalue weighted by molar-refractivity contribution is 7.99. The molecular formula is C24H30Cl2N2O2S. The van der Waals surface area contributed by atoms with Gasteiger partial charge in [-0.3, -0.25) is 9.59 Å². The van der Waals surface area contributed by atoms with E-state index in [0.29, 0.717) is 10.0 Å². The van der Waals surface area contributed by atoms with Gasteiger partial charge in [-0.25, -0.2) is 0 Å². The molecule has 0 heterocycles. The second kappa shape index (κ2) is 11.3. The zero-order valence-corrected chi connectivity index (χ0v) is 21.0. The molecule has 0 fully saturated rings. The zero-order valence-electron chi connectivity index (χ0n) is 18.7. The third-order valence-corrected chi connectivity index (χ3v) is 6.21. The van der Waals surface area contributed by atoms with Crippen molar-refractivity contribution in [3.63, 3.8) is 0 Å². The van der Waals surface area contributed by atoms with Crippen LogP contribution in [0, 0.1) is 6.92 Å². The van der Waals surface area contributed by atoms with Crippen LogP contribution in [0.5, 0.6) is 0 Å². The van der Waals surface area contributed by atoms with Crippen molar-refractivity contribution < 1.29 is 9.59 Å². The lowest BCUT2D eigenvalue weighted by Gasteiger charge is -2.31. The average Bonchev–Trinajstić information content (AvgIpc) is 2.67. The number of amides is 2. The van der Waals surface area contributed by atoms with Gasteiger partial charge in [0.1, 0.15) is 6.04 Å². The predicted octanol–water partition coefficient (Wildman–Crippen LogP) is 5.87. The van der Waals surface area contributed by atoms with Crippen LogP contribution >= 0.6 is 35.0 Å². The molecule has 0 aliphatic carbocycles. The molecule has 2 aromatic rings. The van der Waals surface area contributed by atoms with Crippen molar-refractivity contribution >= 4 is 46.8 Å². The van der Waals surface area contributed by atoms with Crippen molar-refractivity contribution in [2.45, 2.75) is 58.5 Å². The maximum absolute atomic E-state index is 13.1. The van der Waals surface area contributed by atoms with E-state index in [1.54, 1.807) is 30.0 Å². The van der Waals surface area contributed by atoms with Crippen molar-refractivity contribution in [2.24, 2.45) is 0 Å². The van der Waals surface area contributed by atoms with Gasteiger partial charge in [-0.05, 0) is 57.9 Å². The molecule has 2 rings (SSSR count). The standard InChI is InChI=1S/C24H30Cl2N2O2S/c1-16-6-8-18(9-7-16)14-31-15-22(29)28(17(2)23(30)27-24(3,4)5)13-19-10-11-20(25)12-21(19)26/h6-12,17H,13-15H2,1-5H3,(H,27,30)/t17-/m0/s1. The topological polar surface area (TPSA) is 49.4 Å². The fourth-order valence-corrected chi connectivity index (χ4v) is 4.25. The first-order valence-corrected chi connectivity index (χ1v) is 12.1. The summed E-state index contributed by atoms with van der Waals surface area (Å²) in [5.74, 6) is 0.685. The quantitative estimate of drug-likeness (QED) is 0.513. The Balaban J connectivity index is 2.13. The molecule has 0 spiro atoms. The van der Waals surface area contributed by atoms with Gasteiger partial charge in [0, 0.05) is 27.9 Å². The number of halogens is 2. The van der Waals surface area contributed by atoms with Crippen LogP contribution in [0.4, 0.5) is 0 Å². The number of hydrogen-bond donors (Lipinski definition) is 1. The van der Waals surface area contributed by atoms with E-state index in [1.165, 1.54) is 17.3 Å². The number of thioether (sulfide) groups is 1. The van der Waals surface area contributed by atoms with Gasteiger partial charge in [-0.1, -0.05) is 59.1 Å². The molecule has 2 aromatic carbocycles. The second-order valence-corrected chi connectivity index (χ2v) is 10.5. The number of nitrogens with one attached hydrogen (secondary N) is 1. The summed E-state index contributed by atoms with van der Waals surface area (Å²) in [6.07, 6.45) is 0. The largest absolute Gasteiger partial charge is 0.350 e. The third-order valence-electron chi connectivity index (χ3n) is 4.64. The number of carbonyl (C=O) groups is 2. The maximum atomic E-state index is 13.1. The Labute approximate surface area is 199 Å². The van der Waals surface area contributed by atoms with Gasteiger partial charge in [0.05, 0.1) is 5.75 Å². The number of rotatable bonds is 8. The van der Waals surface area contributed by atoms with E-state index in [1.807, 2.05) is 27.7 Å². The summed E-state index contributed by atoms with van der Waals surface area (Å²) in [5, 5.41) is 3.96. The van der Waals surface area contributed by atoms with Crippen LogP contribution in [0.1, 0.15) is 44.4 Å². The van der Waals surface area contributed by atoms with Gasteiger partial charge in [-0.15, -0.1) is 11.8 Å². The van der Waals surface area contributed by atoms with Gasteiger partial charge >= 0.3 is 0 Å². The summed E-state index contributed by atoms with van der Waals surface area (Å²) >= 11 is 13.9. The molecule has 31 heavy (non-hydrogen) atoms. The monoisotopic (exact) mass is 480 g/mol. The third kappa shape index (κ3) is 8.40. The number of aryl methyl sites for hydroxylation is 1. The molecule has 1 N–H and O–H groups in total. The van der Waals surface area contributed by atoms with Gasteiger partial charge in [0.25, 0.3) is 0 Å². The Morgan fingerprint density at radius 1 is 1.10 bits per heavy atom. The lowest BCUT2D eigenvalue weighted by Crippen LogP contribution is -2.52. The lowest BCUT2D eigenvalue weighted by molar-refractivity contribution is -0.139. The van der Waals surface area contributed by atoms with Crippen LogP contribution in [-0.2, 0) is 21.9 Å². The highest BCUT2D eigenvalue weighted by Crippen LogP contribution is 2.24. The molecule has 0 saturated carbocycles. The predicted molar refractivity (Wildman–Crippen MR) is 132 cm³/mol. The Hall–Kier alpha value is -1.69. The van der Waals surface area contributed by atoms with Crippen molar-refractivity contribution in [2.75, 3.05) is 5.75 Å². The molecule has 0 radical (unpaired) electrons. The summed E-state index contributed by atoms with van der Waals surface area (Å²) in [4.78, 5) is 27.5. The van der Waals surface area contributed by atoms with Crippen molar-refractivity contribution in [3.8, 4) is 0 Å². The molecule has 0 aromatic heterocycles. The highest BCUT2D eigenvalue weighted by atomic mass is 35.5. The van der Waals surface area contributed by atoms with Crippen LogP contribution in [0.15, 0.2) is 42.5 Å². The minimum absolute atomic E-state index is 0.111. The number of carbonyl (C=O) groups excluding carboxylic acids is 2. The first kappa shape index (κ1) is 25.6. The molecule has 0 aliphatic rings. The molecular weight excluding hydrogens is 451 g/mol. The summed E-state index contributed by atoms with van der Waals surface area (Å²) in [7, 11) is 0. The fourth-order valence-electron chi connectivity index (χ4n) is 2.91. The van der Waals surface area contributed by atoms with Crippen LogP contribution in [0.25, 0.3) is 0 Å². The molecule has 168 valence electrons. The van der Waals surface area contributed by atoms with Crippen LogP contribution in [0.3, 0.4) is 0 Å². The van der Waals surface area contributed by atoms with E-state index >= 15 is 0 Å². The van der Waals surface area contributed by atoms with E-state index < -0.39 is 11.6 Å². The smallest absolute Gasteiger partial charge is 0.242 e. The Morgan fingerprint density at radius 2 is 1.74 bits per heavy atom. The minimum Gasteiger partial charge on any atom is -0.350 e. The molecule has 2 amide bonds. The van der Waals surface area contributed by atoms with E-state index in [4.69, 9.17) is 23.2 Å². The SMILES string of the molecule is Cc1ccc(CSCC(=O)N(Cc2ccc(Cl)cc2Cl)[C@@H](C)C(=O)NC(C)(C)C)cc1. The van der Waals surface area contributed by atoms with Crippen LogP contribution in [0.2, 0.25) is 10.0 Å². The van der Waals surface area contributed by atoms with Crippen LogP contribution < -0.4 is 5.32 Å². The van der Waals surface area contributed by atoms with Crippen molar-refractivity contribution in [3.05, 3.63) is 69.2 Å². The summed E-state index contributed by atoms with van der Waals surface area (Å²) in [5.41, 5.74) is 2.72. The highest BCUT2D eigenvalue weighted by Gasteiger charge is 2.28. The Bertz CT molecular complexity index is 911. The molecule has 4 nitrogen and oxygen atoms in total. The molecule has 0 saturated heterocycles. The van der Waals surface area contributed by atoms with E-state index in [2.05, 4.69) is 29.6 Å². The normalized spacial score (nSPS) is 12.4. The molecule has 7 heteroatoms. The van der Waals surface area contributed by atoms with Gasteiger partial charge in [-0.2, -0.15) is 0 Å². The second-order valence-electron chi connectivity index (χ2n) is 8.65. The number of nitrogens with zero attached hydrogens (tertiary/aromatic N) is 1. The summed E-state index contributed by atoms with van der Waals surface area (Å²) in [6, 6.07) is 12.8. The van der Waals surface area contributed by atoms with Crippen LogP contribution in [-0.4, -0.2) is 34.0 Å². The Kier molecular flexibility index (Phi) is 9.28. The number of hydrogen-bond acceptors (Lipinski definition) is 3. The van der Waals surface area contributed by atoms with Gasteiger partial charge in [0.2, 0.25) is 11.8 Å². The maximum Gasteiger partial charge on any atom is 0.242 e. The molecule has 0 unspecified atom stereocenters. The fraction of sp³-hybridized carbons (Fsp3) is 0.417. The van der Waals surface area contributed by atoms with Crippen molar-refractivity contribution in [1.82, 2.24) is 10.2 Å².